The average Bonchev–Trinajstić information content (AvgIpc) is 3.07. The lowest BCUT2D eigenvalue weighted by atomic mass is 10.2. The lowest BCUT2D eigenvalue weighted by Gasteiger charge is -2.23. The Kier molecular flexibility index (Phi) is 5.66. The van der Waals surface area contributed by atoms with Gasteiger partial charge < -0.3 is 19.7 Å². The SMILES string of the molecule is CCOc1ccc(N[C@H](C)C(=O)N2CCc3ccccc32)cc1OCC. The van der Waals surface area contributed by atoms with Crippen molar-refractivity contribution in [3.63, 3.8) is 0 Å². The van der Waals surface area contributed by atoms with Gasteiger partial charge in [-0.2, -0.15) is 0 Å². The Morgan fingerprint density at radius 2 is 1.85 bits per heavy atom. The van der Waals surface area contributed by atoms with Crippen LogP contribution in [-0.4, -0.2) is 31.7 Å². The van der Waals surface area contributed by atoms with Crippen LogP contribution in [0.3, 0.4) is 0 Å². The van der Waals surface area contributed by atoms with Gasteiger partial charge in [-0.25, -0.2) is 0 Å². The fourth-order valence-electron chi connectivity index (χ4n) is 3.25. The van der Waals surface area contributed by atoms with Gasteiger partial charge in [-0.05, 0) is 51.0 Å². The van der Waals surface area contributed by atoms with Gasteiger partial charge in [0.2, 0.25) is 5.91 Å². The van der Waals surface area contributed by atoms with Crippen molar-refractivity contribution in [2.24, 2.45) is 0 Å². The Morgan fingerprint density at radius 3 is 2.62 bits per heavy atom. The van der Waals surface area contributed by atoms with E-state index in [0.717, 1.165) is 24.3 Å². The van der Waals surface area contributed by atoms with Gasteiger partial charge >= 0.3 is 0 Å². The minimum Gasteiger partial charge on any atom is -0.490 e. The molecule has 0 unspecified atom stereocenters. The van der Waals surface area contributed by atoms with Crippen LogP contribution in [0.5, 0.6) is 11.5 Å². The zero-order valence-corrected chi connectivity index (χ0v) is 15.6. The standard InChI is InChI=1S/C21H26N2O3/c1-4-25-19-11-10-17(14-20(19)26-5-2)22-15(3)21(24)23-13-12-16-8-6-7-9-18(16)23/h6-11,14-15,22H,4-5,12-13H2,1-3H3/t15-/m1/s1. The van der Waals surface area contributed by atoms with Crippen molar-refractivity contribution < 1.29 is 14.3 Å². The summed E-state index contributed by atoms with van der Waals surface area (Å²) in [6.07, 6.45) is 0.909. The van der Waals surface area contributed by atoms with Gasteiger partial charge in [-0.15, -0.1) is 0 Å². The number of fused-ring (bicyclic) bond motifs is 1. The number of benzene rings is 2. The number of ether oxygens (including phenoxy) is 2. The Balaban J connectivity index is 1.72. The molecule has 2 aromatic rings. The highest BCUT2D eigenvalue weighted by Gasteiger charge is 2.27. The number of nitrogens with one attached hydrogen (secondary N) is 1. The number of hydrogen-bond donors (Lipinski definition) is 1. The summed E-state index contributed by atoms with van der Waals surface area (Å²) < 4.78 is 11.2. The van der Waals surface area contributed by atoms with Crippen LogP contribution in [0.4, 0.5) is 11.4 Å². The monoisotopic (exact) mass is 354 g/mol. The van der Waals surface area contributed by atoms with Gasteiger partial charge in [-0.3, -0.25) is 4.79 Å². The average molecular weight is 354 g/mol. The fraction of sp³-hybridized carbons (Fsp3) is 0.381. The number of para-hydroxylation sites is 1. The number of carbonyl (C=O) groups excluding carboxylic acids is 1. The van der Waals surface area contributed by atoms with Gasteiger partial charge in [0.05, 0.1) is 13.2 Å². The second-order valence-electron chi connectivity index (χ2n) is 6.26. The summed E-state index contributed by atoms with van der Waals surface area (Å²) in [5.41, 5.74) is 3.09. The smallest absolute Gasteiger partial charge is 0.249 e. The molecule has 1 aliphatic heterocycles. The molecular weight excluding hydrogens is 328 g/mol. The molecule has 0 saturated carbocycles. The molecule has 5 nitrogen and oxygen atoms in total. The summed E-state index contributed by atoms with van der Waals surface area (Å²) in [7, 11) is 0. The van der Waals surface area contributed by atoms with E-state index in [1.54, 1.807) is 0 Å². The summed E-state index contributed by atoms with van der Waals surface area (Å²) in [6.45, 7) is 7.64. The molecule has 0 bridgehead atoms. The van der Waals surface area contributed by atoms with E-state index in [0.29, 0.717) is 24.7 Å². The predicted molar refractivity (Wildman–Crippen MR) is 104 cm³/mol. The molecule has 5 heteroatoms. The van der Waals surface area contributed by atoms with Gasteiger partial charge in [0.1, 0.15) is 6.04 Å². The Bertz CT molecular complexity index is 776. The normalized spacial score (nSPS) is 13.9. The fourth-order valence-corrected chi connectivity index (χ4v) is 3.25. The van der Waals surface area contributed by atoms with E-state index in [1.165, 1.54) is 5.56 Å². The lowest BCUT2D eigenvalue weighted by molar-refractivity contribution is -0.118. The Hall–Kier alpha value is -2.69. The first-order valence-electron chi connectivity index (χ1n) is 9.19. The van der Waals surface area contributed by atoms with Crippen molar-refractivity contribution in [1.82, 2.24) is 0 Å². The highest BCUT2D eigenvalue weighted by molar-refractivity contribution is 6.00. The molecule has 0 fully saturated rings. The maximum atomic E-state index is 12.9. The van der Waals surface area contributed by atoms with E-state index in [-0.39, 0.29) is 11.9 Å². The maximum absolute atomic E-state index is 12.9. The highest BCUT2D eigenvalue weighted by Crippen LogP contribution is 2.32. The van der Waals surface area contributed by atoms with Crippen LogP contribution >= 0.6 is 0 Å². The molecule has 3 rings (SSSR count). The molecule has 26 heavy (non-hydrogen) atoms. The van der Waals surface area contributed by atoms with Crippen LogP contribution < -0.4 is 19.7 Å². The number of rotatable bonds is 7. The summed E-state index contributed by atoms with van der Waals surface area (Å²) >= 11 is 0. The zero-order chi connectivity index (χ0) is 18.5. The molecule has 1 N–H and O–H groups in total. The Labute approximate surface area is 154 Å². The molecule has 2 aromatic carbocycles. The third-order valence-corrected chi connectivity index (χ3v) is 4.45. The number of hydrogen-bond acceptors (Lipinski definition) is 4. The van der Waals surface area contributed by atoms with Gasteiger partial charge in [-0.1, -0.05) is 18.2 Å². The van der Waals surface area contributed by atoms with Crippen LogP contribution in [-0.2, 0) is 11.2 Å². The molecule has 0 radical (unpaired) electrons. The van der Waals surface area contributed by atoms with Gasteiger partial charge in [0.25, 0.3) is 0 Å². The summed E-state index contributed by atoms with van der Waals surface area (Å²) in [5.74, 6) is 1.47. The van der Waals surface area contributed by atoms with Gasteiger partial charge in [0, 0.05) is 24.0 Å². The number of amides is 1. The van der Waals surface area contributed by atoms with Crippen molar-refractivity contribution in [3.05, 3.63) is 48.0 Å². The molecular formula is C21H26N2O3. The van der Waals surface area contributed by atoms with Crippen LogP contribution in [0.2, 0.25) is 0 Å². The number of carbonyl (C=O) groups is 1. The van der Waals surface area contributed by atoms with E-state index in [4.69, 9.17) is 9.47 Å². The van der Waals surface area contributed by atoms with Crippen molar-refractivity contribution in [1.29, 1.82) is 0 Å². The first kappa shape index (κ1) is 18.1. The number of nitrogens with zero attached hydrogens (tertiary/aromatic N) is 1. The molecule has 0 saturated heterocycles. The van der Waals surface area contributed by atoms with Crippen molar-refractivity contribution in [3.8, 4) is 11.5 Å². The molecule has 1 atom stereocenters. The largest absolute Gasteiger partial charge is 0.490 e. The first-order chi connectivity index (χ1) is 12.6. The van der Waals surface area contributed by atoms with Crippen molar-refractivity contribution in [2.45, 2.75) is 33.2 Å². The van der Waals surface area contributed by atoms with Crippen LogP contribution in [0.15, 0.2) is 42.5 Å². The molecule has 138 valence electrons. The van der Waals surface area contributed by atoms with Crippen LogP contribution in [0.25, 0.3) is 0 Å². The van der Waals surface area contributed by atoms with E-state index in [2.05, 4.69) is 11.4 Å². The minimum atomic E-state index is -0.339. The second-order valence-corrected chi connectivity index (χ2v) is 6.26. The molecule has 0 spiro atoms. The van der Waals surface area contributed by atoms with Crippen LogP contribution in [0, 0.1) is 0 Å². The molecule has 1 aliphatic rings. The van der Waals surface area contributed by atoms with Crippen molar-refractivity contribution >= 4 is 17.3 Å². The third kappa shape index (κ3) is 3.77. The number of anilines is 2. The zero-order valence-electron chi connectivity index (χ0n) is 15.6. The summed E-state index contributed by atoms with van der Waals surface area (Å²) in [5, 5.41) is 3.29. The van der Waals surface area contributed by atoms with E-state index in [1.807, 2.05) is 62.1 Å². The lowest BCUT2D eigenvalue weighted by Crippen LogP contribution is -2.40. The van der Waals surface area contributed by atoms with Gasteiger partial charge in [0.15, 0.2) is 11.5 Å². The highest BCUT2D eigenvalue weighted by atomic mass is 16.5. The molecule has 0 aromatic heterocycles. The summed E-state index contributed by atoms with van der Waals surface area (Å²) in [6, 6.07) is 13.4. The summed E-state index contributed by atoms with van der Waals surface area (Å²) in [4.78, 5) is 14.8. The molecule has 1 amide bonds. The van der Waals surface area contributed by atoms with E-state index < -0.39 is 0 Å². The molecule has 0 aliphatic carbocycles. The third-order valence-electron chi connectivity index (χ3n) is 4.45. The predicted octanol–water partition coefficient (Wildman–Crippen LogP) is 3.87. The first-order valence-corrected chi connectivity index (χ1v) is 9.19. The van der Waals surface area contributed by atoms with E-state index in [9.17, 15) is 4.79 Å². The quantitative estimate of drug-likeness (QED) is 0.820. The van der Waals surface area contributed by atoms with E-state index >= 15 is 0 Å². The minimum absolute atomic E-state index is 0.0711. The van der Waals surface area contributed by atoms with Crippen molar-refractivity contribution in [2.75, 3.05) is 30.0 Å². The topological polar surface area (TPSA) is 50.8 Å². The van der Waals surface area contributed by atoms with Crippen LogP contribution in [0.1, 0.15) is 26.3 Å². The maximum Gasteiger partial charge on any atom is 0.249 e. The Morgan fingerprint density at radius 1 is 1.12 bits per heavy atom. The molecule has 1 heterocycles. The second kappa shape index (κ2) is 8.13.